The van der Waals surface area contributed by atoms with Gasteiger partial charge < -0.3 is 15.4 Å². The molecule has 0 radical (unpaired) electrons. The number of esters is 1. The fourth-order valence-corrected chi connectivity index (χ4v) is 2.52. The molecule has 0 bridgehead atoms. The number of benzene rings is 2. The number of halogens is 1. The first-order chi connectivity index (χ1) is 12.4. The number of aryl methyl sites for hydroxylation is 1. The van der Waals surface area contributed by atoms with Gasteiger partial charge in [-0.2, -0.15) is 0 Å². The molecule has 0 fully saturated rings. The quantitative estimate of drug-likeness (QED) is 0.597. The molecule has 2 aromatic carbocycles. The van der Waals surface area contributed by atoms with Crippen molar-refractivity contribution in [1.29, 1.82) is 0 Å². The van der Waals surface area contributed by atoms with Crippen LogP contribution in [0, 0.1) is 0 Å². The van der Waals surface area contributed by atoms with Gasteiger partial charge in [-0.05, 0) is 36.2 Å². The molecule has 0 heterocycles. The van der Waals surface area contributed by atoms with Crippen LogP contribution in [-0.4, -0.2) is 24.9 Å². The summed E-state index contributed by atoms with van der Waals surface area (Å²) in [4.78, 5) is 35.8. The van der Waals surface area contributed by atoms with Crippen LogP contribution in [0.1, 0.15) is 29.3 Å². The van der Waals surface area contributed by atoms with Crippen LogP contribution in [0.4, 0.5) is 11.4 Å². The molecule has 136 valence electrons. The van der Waals surface area contributed by atoms with Crippen molar-refractivity contribution >= 4 is 40.8 Å². The highest BCUT2D eigenvalue weighted by molar-refractivity contribution is 6.34. The molecule has 2 N–H and O–H groups in total. The van der Waals surface area contributed by atoms with Crippen molar-refractivity contribution in [2.75, 3.05) is 17.7 Å². The second kappa shape index (κ2) is 9.01. The SMILES string of the molecule is CCc1ccccc1NC(=O)CC(=O)Nc1cc(C(=O)OC)ccc1Cl. The van der Waals surface area contributed by atoms with Gasteiger partial charge in [-0.1, -0.05) is 36.7 Å². The molecule has 0 aliphatic carbocycles. The van der Waals surface area contributed by atoms with E-state index in [9.17, 15) is 14.4 Å². The van der Waals surface area contributed by atoms with Gasteiger partial charge >= 0.3 is 5.97 Å². The molecule has 0 saturated heterocycles. The molecule has 0 aliphatic heterocycles. The minimum Gasteiger partial charge on any atom is -0.465 e. The van der Waals surface area contributed by atoms with E-state index in [-0.39, 0.29) is 22.7 Å². The molecular formula is C19H19ClN2O4. The summed E-state index contributed by atoms with van der Waals surface area (Å²) in [6.45, 7) is 1.98. The molecular weight excluding hydrogens is 356 g/mol. The van der Waals surface area contributed by atoms with Crippen LogP contribution in [0.5, 0.6) is 0 Å². The third-order valence-electron chi connectivity index (χ3n) is 3.66. The van der Waals surface area contributed by atoms with Crippen LogP contribution in [0.15, 0.2) is 42.5 Å². The molecule has 6 nitrogen and oxygen atoms in total. The van der Waals surface area contributed by atoms with E-state index < -0.39 is 17.8 Å². The molecule has 26 heavy (non-hydrogen) atoms. The van der Waals surface area contributed by atoms with Crippen LogP contribution >= 0.6 is 11.6 Å². The standard InChI is InChI=1S/C19H19ClN2O4/c1-3-12-6-4-5-7-15(12)21-17(23)11-18(24)22-16-10-13(19(25)26-2)8-9-14(16)20/h4-10H,3,11H2,1-2H3,(H,21,23)(H,22,24). The van der Waals surface area contributed by atoms with Gasteiger partial charge in [0.15, 0.2) is 0 Å². The lowest BCUT2D eigenvalue weighted by atomic mass is 10.1. The summed E-state index contributed by atoms with van der Waals surface area (Å²) in [5, 5.41) is 5.51. The Kier molecular flexibility index (Phi) is 6.74. The Morgan fingerprint density at radius 2 is 1.65 bits per heavy atom. The number of para-hydroxylation sites is 1. The van der Waals surface area contributed by atoms with Crippen molar-refractivity contribution in [2.24, 2.45) is 0 Å². The van der Waals surface area contributed by atoms with Gasteiger partial charge in [-0.15, -0.1) is 0 Å². The summed E-state index contributed by atoms with van der Waals surface area (Å²) in [6, 6.07) is 11.7. The smallest absolute Gasteiger partial charge is 0.337 e. The topological polar surface area (TPSA) is 84.5 Å². The fourth-order valence-electron chi connectivity index (χ4n) is 2.35. The van der Waals surface area contributed by atoms with E-state index in [1.807, 2.05) is 25.1 Å². The van der Waals surface area contributed by atoms with Crippen molar-refractivity contribution in [3.8, 4) is 0 Å². The second-order valence-electron chi connectivity index (χ2n) is 5.47. The third kappa shape index (κ3) is 5.07. The van der Waals surface area contributed by atoms with Crippen molar-refractivity contribution in [2.45, 2.75) is 19.8 Å². The predicted molar refractivity (Wildman–Crippen MR) is 100 cm³/mol. The van der Waals surface area contributed by atoms with Crippen LogP contribution in [-0.2, 0) is 20.7 Å². The van der Waals surface area contributed by atoms with E-state index in [0.717, 1.165) is 12.0 Å². The van der Waals surface area contributed by atoms with Crippen molar-refractivity contribution in [3.05, 3.63) is 58.6 Å². The molecule has 0 unspecified atom stereocenters. The second-order valence-corrected chi connectivity index (χ2v) is 5.88. The molecule has 0 aliphatic rings. The molecule has 2 rings (SSSR count). The lowest BCUT2D eigenvalue weighted by Crippen LogP contribution is -2.22. The summed E-state index contributed by atoms with van der Waals surface area (Å²) >= 11 is 6.03. The number of carbonyl (C=O) groups is 3. The Bertz CT molecular complexity index is 836. The zero-order valence-corrected chi connectivity index (χ0v) is 15.2. The monoisotopic (exact) mass is 374 g/mol. The van der Waals surface area contributed by atoms with Gasteiger partial charge in [0, 0.05) is 5.69 Å². The maximum atomic E-state index is 12.1. The highest BCUT2D eigenvalue weighted by Gasteiger charge is 2.14. The summed E-state index contributed by atoms with van der Waals surface area (Å²) in [5.41, 5.74) is 2.14. The van der Waals surface area contributed by atoms with Gasteiger partial charge in [0.2, 0.25) is 11.8 Å². The number of anilines is 2. The third-order valence-corrected chi connectivity index (χ3v) is 3.98. The van der Waals surface area contributed by atoms with E-state index in [0.29, 0.717) is 5.69 Å². The molecule has 2 amide bonds. The van der Waals surface area contributed by atoms with E-state index >= 15 is 0 Å². The van der Waals surface area contributed by atoms with Crippen LogP contribution in [0.25, 0.3) is 0 Å². The Morgan fingerprint density at radius 3 is 2.31 bits per heavy atom. The number of nitrogens with one attached hydrogen (secondary N) is 2. The predicted octanol–water partition coefficient (Wildman–Crippen LogP) is 3.66. The van der Waals surface area contributed by atoms with E-state index in [1.54, 1.807) is 6.07 Å². The number of ether oxygens (including phenoxy) is 1. The zero-order valence-electron chi connectivity index (χ0n) is 14.5. The van der Waals surface area contributed by atoms with Crippen LogP contribution in [0.2, 0.25) is 5.02 Å². The largest absolute Gasteiger partial charge is 0.465 e. The first kappa shape index (κ1) is 19.5. The normalized spacial score (nSPS) is 10.1. The Labute approximate surface area is 156 Å². The number of amides is 2. The van der Waals surface area contributed by atoms with E-state index in [4.69, 9.17) is 11.6 Å². The average molecular weight is 375 g/mol. The fraction of sp³-hybridized carbons (Fsp3) is 0.211. The number of carbonyl (C=O) groups excluding carboxylic acids is 3. The van der Waals surface area contributed by atoms with Crippen molar-refractivity contribution in [3.63, 3.8) is 0 Å². The summed E-state index contributed by atoms with van der Waals surface area (Å²) in [7, 11) is 1.26. The highest BCUT2D eigenvalue weighted by atomic mass is 35.5. The first-order valence-corrected chi connectivity index (χ1v) is 8.37. The molecule has 0 spiro atoms. The van der Waals surface area contributed by atoms with Crippen molar-refractivity contribution < 1.29 is 19.1 Å². The first-order valence-electron chi connectivity index (χ1n) is 8.00. The highest BCUT2D eigenvalue weighted by Crippen LogP contribution is 2.24. The van der Waals surface area contributed by atoms with Gasteiger partial charge in [0.05, 0.1) is 23.4 Å². The molecule has 0 atom stereocenters. The maximum absolute atomic E-state index is 12.1. The Hall–Kier alpha value is -2.86. The van der Waals surface area contributed by atoms with Gasteiger partial charge in [-0.25, -0.2) is 4.79 Å². The number of methoxy groups -OCH3 is 1. The summed E-state index contributed by atoms with van der Waals surface area (Å²) in [6.07, 6.45) is 0.384. The average Bonchev–Trinajstić information content (AvgIpc) is 2.63. The lowest BCUT2D eigenvalue weighted by Gasteiger charge is -2.11. The van der Waals surface area contributed by atoms with Gasteiger partial charge in [0.25, 0.3) is 0 Å². The zero-order chi connectivity index (χ0) is 19.1. The minimum atomic E-state index is -0.550. The maximum Gasteiger partial charge on any atom is 0.337 e. The molecule has 0 saturated carbocycles. The molecule has 7 heteroatoms. The number of hydrogen-bond donors (Lipinski definition) is 2. The van der Waals surface area contributed by atoms with Gasteiger partial charge in [0.1, 0.15) is 6.42 Å². The molecule has 2 aromatic rings. The summed E-state index contributed by atoms with van der Waals surface area (Å²) < 4.78 is 4.63. The van der Waals surface area contributed by atoms with E-state index in [1.165, 1.54) is 25.3 Å². The minimum absolute atomic E-state index is 0.237. The van der Waals surface area contributed by atoms with Crippen LogP contribution in [0.3, 0.4) is 0 Å². The summed E-state index contributed by atoms with van der Waals surface area (Å²) in [5.74, 6) is -1.53. The Morgan fingerprint density at radius 1 is 1.00 bits per heavy atom. The number of rotatable bonds is 6. The van der Waals surface area contributed by atoms with Gasteiger partial charge in [-0.3, -0.25) is 9.59 Å². The Balaban J connectivity index is 2.02. The molecule has 0 aromatic heterocycles. The van der Waals surface area contributed by atoms with Crippen molar-refractivity contribution in [1.82, 2.24) is 0 Å². The van der Waals surface area contributed by atoms with Crippen LogP contribution < -0.4 is 10.6 Å². The number of hydrogen-bond acceptors (Lipinski definition) is 4. The van der Waals surface area contributed by atoms with E-state index in [2.05, 4.69) is 15.4 Å². The lowest BCUT2D eigenvalue weighted by molar-refractivity contribution is -0.123.